The summed E-state index contributed by atoms with van der Waals surface area (Å²) in [6.45, 7) is 22.5. The SMILES string of the molecule is CC(C)NCCCC(NC(=O)C(CCCNC(C)C)NC(C)C)C(=O)NC(CCCN)C(=O)NC(CCCNC(C)C)C(=O)NC(CCCN)C(=O)C(C)C. The molecule has 322 valence electrons. The Morgan fingerprint density at radius 3 is 1.00 bits per heavy atom. The first-order chi connectivity index (χ1) is 25.9. The summed E-state index contributed by atoms with van der Waals surface area (Å²) in [5, 5.41) is 25.1. The number of amides is 4. The second kappa shape index (κ2) is 30.4. The average Bonchev–Trinajstić information content (AvgIpc) is 3.10. The number of hydrogen-bond acceptors (Lipinski definition) is 11. The standard InChI is InChI=1S/C40H82N10O5/c1-26(2)36(51)31(16-11-21-41)47-38(53)34(19-14-24-44-28(5)6)50-39(54)33(17-12-22-42)48-40(55)35(20-15-25-45-29(7)8)49-37(52)32(46-30(9)10)18-13-23-43-27(3)4/h26-35,43-46H,11-25,41-42H2,1-10H3,(H,47,53)(H,48,55)(H,49,52)(H,50,54). The molecule has 12 N–H and O–H groups in total. The van der Waals surface area contributed by atoms with E-state index in [9.17, 15) is 24.0 Å². The van der Waals surface area contributed by atoms with E-state index in [1.54, 1.807) is 13.8 Å². The van der Waals surface area contributed by atoms with Crippen molar-refractivity contribution in [1.82, 2.24) is 42.5 Å². The predicted molar refractivity (Wildman–Crippen MR) is 223 cm³/mol. The highest BCUT2D eigenvalue weighted by molar-refractivity contribution is 5.96. The smallest absolute Gasteiger partial charge is 0.243 e. The van der Waals surface area contributed by atoms with Gasteiger partial charge in [-0.3, -0.25) is 24.0 Å². The Labute approximate surface area is 333 Å². The van der Waals surface area contributed by atoms with Gasteiger partial charge in [0.2, 0.25) is 23.6 Å². The van der Waals surface area contributed by atoms with Gasteiger partial charge in [0.1, 0.15) is 18.1 Å². The molecular formula is C40H82N10O5. The largest absolute Gasteiger partial charge is 0.344 e. The minimum Gasteiger partial charge on any atom is -0.344 e. The van der Waals surface area contributed by atoms with E-state index in [4.69, 9.17) is 11.5 Å². The molecule has 0 aliphatic carbocycles. The number of Topliss-reactive ketones (excluding diaryl/α,β-unsaturated/α-hetero) is 1. The second-order valence-electron chi connectivity index (χ2n) is 16.3. The Bertz CT molecular complexity index is 1090. The first kappa shape index (κ1) is 52.3. The van der Waals surface area contributed by atoms with Crippen LogP contribution < -0.4 is 54.0 Å². The Hall–Kier alpha value is -2.69. The summed E-state index contributed by atoms with van der Waals surface area (Å²) in [5.74, 6) is -2.15. The van der Waals surface area contributed by atoms with E-state index < -0.39 is 47.9 Å². The van der Waals surface area contributed by atoms with Gasteiger partial charge in [0, 0.05) is 30.1 Å². The molecule has 15 heteroatoms. The number of carbonyl (C=O) groups is 5. The fourth-order valence-electron chi connectivity index (χ4n) is 6.01. The Morgan fingerprint density at radius 1 is 0.400 bits per heavy atom. The van der Waals surface area contributed by atoms with Crippen LogP contribution in [0.25, 0.3) is 0 Å². The van der Waals surface area contributed by atoms with Crippen molar-refractivity contribution in [2.75, 3.05) is 32.7 Å². The second-order valence-corrected chi connectivity index (χ2v) is 16.3. The van der Waals surface area contributed by atoms with Crippen molar-refractivity contribution in [2.45, 2.75) is 188 Å². The molecule has 0 bridgehead atoms. The van der Waals surface area contributed by atoms with Crippen molar-refractivity contribution in [3.63, 3.8) is 0 Å². The summed E-state index contributed by atoms with van der Waals surface area (Å²) < 4.78 is 0. The molecule has 0 aromatic carbocycles. The van der Waals surface area contributed by atoms with E-state index in [-0.39, 0.29) is 42.2 Å². The maximum Gasteiger partial charge on any atom is 0.243 e. The van der Waals surface area contributed by atoms with E-state index >= 15 is 0 Å². The lowest BCUT2D eigenvalue weighted by atomic mass is 9.97. The van der Waals surface area contributed by atoms with E-state index in [0.717, 1.165) is 13.0 Å². The van der Waals surface area contributed by atoms with Gasteiger partial charge in [-0.05, 0) is 96.9 Å². The third-order valence-corrected chi connectivity index (χ3v) is 9.04. The molecule has 4 amide bonds. The molecule has 0 saturated carbocycles. The fraction of sp³-hybridized carbons (Fsp3) is 0.875. The van der Waals surface area contributed by atoms with Crippen LogP contribution in [0.4, 0.5) is 0 Å². The zero-order valence-electron chi connectivity index (χ0n) is 36.1. The summed E-state index contributed by atoms with van der Waals surface area (Å²) in [7, 11) is 0. The zero-order chi connectivity index (χ0) is 41.9. The van der Waals surface area contributed by atoms with Gasteiger partial charge in [-0.25, -0.2) is 0 Å². The highest BCUT2D eigenvalue weighted by Gasteiger charge is 2.32. The topological polar surface area (TPSA) is 234 Å². The van der Waals surface area contributed by atoms with Crippen molar-refractivity contribution < 1.29 is 24.0 Å². The van der Waals surface area contributed by atoms with Crippen molar-refractivity contribution in [2.24, 2.45) is 17.4 Å². The number of hydrogen-bond donors (Lipinski definition) is 10. The monoisotopic (exact) mass is 783 g/mol. The third-order valence-electron chi connectivity index (χ3n) is 9.04. The van der Waals surface area contributed by atoms with Crippen molar-refractivity contribution >= 4 is 29.4 Å². The Balaban J connectivity index is 6.28. The first-order valence-corrected chi connectivity index (χ1v) is 21.0. The minimum absolute atomic E-state index is 0.0476. The molecule has 0 radical (unpaired) electrons. The van der Waals surface area contributed by atoms with Gasteiger partial charge in [0.05, 0.1) is 12.1 Å². The number of carbonyl (C=O) groups excluding carboxylic acids is 5. The number of nitrogens with one attached hydrogen (secondary N) is 8. The van der Waals surface area contributed by atoms with Crippen LogP contribution in [0.2, 0.25) is 0 Å². The lowest BCUT2D eigenvalue weighted by Gasteiger charge is -2.28. The zero-order valence-corrected chi connectivity index (χ0v) is 36.1. The summed E-state index contributed by atoms with van der Waals surface area (Å²) in [6.07, 6.45) is 4.85. The molecule has 0 rings (SSSR count). The van der Waals surface area contributed by atoms with Gasteiger partial charge in [-0.2, -0.15) is 0 Å². The molecule has 0 saturated heterocycles. The maximum absolute atomic E-state index is 14.0. The molecule has 0 fully saturated rings. The summed E-state index contributed by atoms with van der Waals surface area (Å²) in [4.78, 5) is 68.5. The first-order valence-electron chi connectivity index (χ1n) is 21.0. The molecule has 15 nitrogen and oxygen atoms in total. The lowest BCUT2D eigenvalue weighted by Crippen LogP contribution is -2.59. The molecule has 0 aliphatic rings. The van der Waals surface area contributed by atoms with E-state index in [1.807, 2.05) is 41.5 Å². The summed E-state index contributed by atoms with van der Waals surface area (Å²) >= 11 is 0. The molecule has 5 unspecified atom stereocenters. The molecule has 0 aliphatic heterocycles. The minimum atomic E-state index is -1.01. The summed E-state index contributed by atoms with van der Waals surface area (Å²) in [6, 6.07) is -3.21. The molecule has 55 heavy (non-hydrogen) atoms. The lowest BCUT2D eigenvalue weighted by molar-refractivity contribution is -0.135. The average molecular weight is 783 g/mol. The van der Waals surface area contributed by atoms with Crippen LogP contribution in [0.15, 0.2) is 0 Å². The molecular weight excluding hydrogens is 701 g/mol. The van der Waals surface area contributed by atoms with Gasteiger partial charge >= 0.3 is 0 Å². The molecule has 0 aromatic heterocycles. The van der Waals surface area contributed by atoms with Gasteiger partial charge < -0.3 is 54.0 Å². The fourth-order valence-corrected chi connectivity index (χ4v) is 6.01. The summed E-state index contributed by atoms with van der Waals surface area (Å²) in [5.41, 5.74) is 11.6. The van der Waals surface area contributed by atoms with Crippen LogP contribution in [0.1, 0.15) is 133 Å². The van der Waals surface area contributed by atoms with E-state index in [0.29, 0.717) is 83.6 Å². The maximum atomic E-state index is 14.0. The highest BCUT2D eigenvalue weighted by atomic mass is 16.2. The third kappa shape index (κ3) is 25.2. The van der Waals surface area contributed by atoms with Gasteiger partial charge in [-0.1, -0.05) is 69.2 Å². The van der Waals surface area contributed by atoms with Gasteiger partial charge in [0.25, 0.3) is 0 Å². The molecule has 0 aromatic rings. The quantitative estimate of drug-likeness (QED) is 0.0427. The van der Waals surface area contributed by atoms with Crippen LogP contribution >= 0.6 is 0 Å². The van der Waals surface area contributed by atoms with Crippen LogP contribution in [0.5, 0.6) is 0 Å². The normalized spacial score (nSPS) is 14.6. The van der Waals surface area contributed by atoms with E-state index in [2.05, 4.69) is 56.4 Å². The van der Waals surface area contributed by atoms with Gasteiger partial charge in [0.15, 0.2) is 5.78 Å². The number of rotatable bonds is 33. The predicted octanol–water partition coefficient (Wildman–Crippen LogP) is 1.33. The van der Waals surface area contributed by atoms with Gasteiger partial charge in [-0.15, -0.1) is 0 Å². The van der Waals surface area contributed by atoms with Crippen molar-refractivity contribution in [1.29, 1.82) is 0 Å². The molecule has 5 atom stereocenters. The highest BCUT2D eigenvalue weighted by Crippen LogP contribution is 2.10. The van der Waals surface area contributed by atoms with E-state index in [1.165, 1.54) is 0 Å². The molecule has 0 heterocycles. The van der Waals surface area contributed by atoms with Crippen LogP contribution in [0, 0.1) is 5.92 Å². The van der Waals surface area contributed by atoms with Crippen molar-refractivity contribution in [3.05, 3.63) is 0 Å². The van der Waals surface area contributed by atoms with Crippen molar-refractivity contribution in [3.8, 4) is 0 Å². The number of nitrogens with two attached hydrogens (primary N) is 2. The Kier molecular flexibility index (Phi) is 29.0. The number of ketones is 1. The van der Waals surface area contributed by atoms with Crippen LogP contribution in [-0.2, 0) is 24.0 Å². The van der Waals surface area contributed by atoms with Crippen LogP contribution in [-0.4, -0.2) is 117 Å². The Morgan fingerprint density at radius 2 is 0.691 bits per heavy atom. The molecule has 0 spiro atoms. The van der Waals surface area contributed by atoms with Crippen LogP contribution in [0.3, 0.4) is 0 Å².